The van der Waals surface area contributed by atoms with E-state index in [2.05, 4.69) is 26.8 Å². The van der Waals surface area contributed by atoms with Gasteiger partial charge in [-0.2, -0.15) is 4.52 Å². The van der Waals surface area contributed by atoms with E-state index in [4.69, 9.17) is 4.98 Å². The first kappa shape index (κ1) is 19.7. The van der Waals surface area contributed by atoms with E-state index >= 15 is 0 Å². The second-order valence-electron chi connectivity index (χ2n) is 8.03. The number of rotatable bonds is 5. The molecule has 3 aromatic heterocycles. The van der Waals surface area contributed by atoms with E-state index in [0.29, 0.717) is 18.1 Å². The lowest BCUT2D eigenvalue weighted by Crippen LogP contribution is -2.43. The Morgan fingerprint density at radius 3 is 3.03 bits per heavy atom. The molecule has 1 amide bonds. The minimum Gasteiger partial charge on any atom is -0.355 e. The highest BCUT2D eigenvalue weighted by Gasteiger charge is 2.28. The van der Waals surface area contributed by atoms with Gasteiger partial charge in [-0.25, -0.2) is 4.98 Å². The fraction of sp³-hybridized carbons (Fsp3) is 0.524. The Kier molecular flexibility index (Phi) is 5.56. The first-order valence-corrected chi connectivity index (χ1v) is 12.4. The monoisotopic (exact) mass is 443 g/mol. The van der Waals surface area contributed by atoms with Gasteiger partial charge in [0.05, 0.1) is 11.6 Å². The van der Waals surface area contributed by atoms with Gasteiger partial charge in [-0.05, 0) is 56.4 Å². The summed E-state index contributed by atoms with van der Waals surface area (Å²) in [5.74, 6) is 0.0649. The Morgan fingerprint density at radius 2 is 2.17 bits per heavy atom. The van der Waals surface area contributed by atoms with Crippen LogP contribution in [0.15, 0.2) is 22.3 Å². The van der Waals surface area contributed by atoms with Crippen molar-refractivity contribution in [2.45, 2.75) is 44.9 Å². The van der Waals surface area contributed by atoms with E-state index in [1.165, 1.54) is 20.7 Å². The summed E-state index contributed by atoms with van der Waals surface area (Å²) in [6.45, 7) is 2.16. The number of fused-ring (bicyclic) bond motifs is 2. The molecule has 1 unspecified atom stereocenters. The van der Waals surface area contributed by atoms with Gasteiger partial charge >= 0.3 is 0 Å². The van der Waals surface area contributed by atoms with Crippen molar-refractivity contribution in [3.63, 3.8) is 0 Å². The fourth-order valence-electron chi connectivity index (χ4n) is 4.36. The maximum atomic E-state index is 12.8. The summed E-state index contributed by atoms with van der Waals surface area (Å²) in [6.07, 6.45) is 6.52. The number of amides is 1. The highest BCUT2D eigenvalue weighted by atomic mass is 32.1. The number of aryl methyl sites for hydroxylation is 1. The second-order valence-corrected chi connectivity index (χ2v) is 10.0. The number of hydrogen-bond donors (Lipinski definition) is 1. The molecular weight excluding hydrogens is 418 g/mol. The van der Waals surface area contributed by atoms with Crippen LogP contribution >= 0.6 is 22.7 Å². The third kappa shape index (κ3) is 3.88. The summed E-state index contributed by atoms with van der Waals surface area (Å²) in [5.41, 5.74) is 1.76. The Hall–Kier alpha value is -2.26. The van der Waals surface area contributed by atoms with Gasteiger partial charge in [-0.3, -0.25) is 9.59 Å². The van der Waals surface area contributed by atoms with Crippen LogP contribution in [0.5, 0.6) is 0 Å². The molecule has 1 fully saturated rings. The Labute approximate surface area is 182 Å². The molecule has 3 aromatic rings. The maximum absolute atomic E-state index is 12.8. The van der Waals surface area contributed by atoms with Crippen molar-refractivity contribution in [2.24, 2.45) is 5.92 Å². The zero-order valence-corrected chi connectivity index (χ0v) is 18.4. The molecule has 1 aliphatic carbocycles. The van der Waals surface area contributed by atoms with Crippen molar-refractivity contribution < 1.29 is 4.79 Å². The number of nitrogens with one attached hydrogen (secondary N) is 1. The van der Waals surface area contributed by atoms with Crippen LogP contribution in [-0.2, 0) is 24.1 Å². The largest absolute Gasteiger partial charge is 0.355 e. The minimum atomic E-state index is -0.0491. The van der Waals surface area contributed by atoms with Gasteiger partial charge in [0.1, 0.15) is 0 Å². The predicted octanol–water partition coefficient (Wildman–Crippen LogP) is 2.67. The highest BCUT2D eigenvalue weighted by molar-refractivity contribution is 7.20. The normalized spacial score (nSPS) is 19.1. The van der Waals surface area contributed by atoms with Gasteiger partial charge in [-0.15, -0.1) is 16.4 Å². The lowest BCUT2D eigenvalue weighted by Gasteiger charge is -2.31. The molecule has 0 radical (unpaired) electrons. The highest BCUT2D eigenvalue weighted by Crippen LogP contribution is 2.28. The molecule has 1 N–H and O–H groups in total. The Bertz CT molecular complexity index is 1100. The molecule has 0 aromatic carbocycles. The maximum Gasteiger partial charge on any atom is 0.278 e. The first-order chi connectivity index (χ1) is 14.7. The smallest absolute Gasteiger partial charge is 0.278 e. The molecule has 0 bridgehead atoms. The predicted molar refractivity (Wildman–Crippen MR) is 120 cm³/mol. The molecule has 5 rings (SSSR count). The van der Waals surface area contributed by atoms with Gasteiger partial charge in [0.25, 0.3) is 5.56 Å². The molecule has 0 spiro atoms. The zero-order valence-electron chi connectivity index (χ0n) is 16.8. The minimum absolute atomic E-state index is 0.0166. The van der Waals surface area contributed by atoms with Crippen molar-refractivity contribution in [1.29, 1.82) is 0 Å². The van der Waals surface area contributed by atoms with E-state index in [1.54, 1.807) is 11.3 Å². The van der Waals surface area contributed by atoms with Crippen molar-refractivity contribution in [2.75, 3.05) is 24.5 Å². The van der Waals surface area contributed by atoms with E-state index in [0.717, 1.165) is 67.9 Å². The molecular formula is C21H25N5O2S2. The van der Waals surface area contributed by atoms with Crippen LogP contribution in [0.1, 0.15) is 41.8 Å². The summed E-state index contributed by atoms with van der Waals surface area (Å²) in [5, 5.41) is 10.5. The molecule has 7 nitrogen and oxygen atoms in total. The SMILES string of the molecule is O=C(NCCc1cccs1)C1CCCN(c2nn3c(=O)c4c(nc3s2)CCCC4)C1. The van der Waals surface area contributed by atoms with Crippen molar-refractivity contribution in [1.82, 2.24) is 19.9 Å². The fourth-order valence-corrected chi connectivity index (χ4v) is 6.02. The number of piperidine rings is 1. The average molecular weight is 444 g/mol. The molecule has 9 heteroatoms. The summed E-state index contributed by atoms with van der Waals surface area (Å²) in [7, 11) is 0. The number of thiophene rings is 1. The molecule has 4 heterocycles. The van der Waals surface area contributed by atoms with Crippen LogP contribution in [0.3, 0.4) is 0 Å². The van der Waals surface area contributed by atoms with Gasteiger partial charge in [-0.1, -0.05) is 17.4 Å². The molecule has 1 saturated heterocycles. The van der Waals surface area contributed by atoms with Crippen LogP contribution in [0, 0.1) is 5.92 Å². The van der Waals surface area contributed by atoms with Gasteiger partial charge in [0.15, 0.2) is 0 Å². The average Bonchev–Trinajstić information content (AvgIpc) is 3.44. The van der Waals surface area contributed by atoms with Crippen molar-refractivity contribution in [3.8, 4) is 0 Å². The van der Waals surface area contributed by atoms with Crippen LogP contribution in [0.4, 0.5) is 5.13 Å². The van der Waals surface area contributed by atoms with Crippen LogP contribution in [0.2, 0.25) is 0 Å². The van der Waals surface area contributed by atoms with Gasteiger partial charge < -0.3 is 10.2 Å². The number of hydrogen-bond acceptors (Lipinski definition) is 7. The summed E-state index contributed by atoms with van der Waals surface area (Å²) < 4.78 is 1.47. The molecule has 30 heavy (non-hydrogen) atoms. The standard InChI is InChI=1S/C21H25N5O2S2/c27-18(22-10-9-15-6-4-12-29-15)14-5-3-11-25(13-14)21-24-26-19(28)16-7-1-2-8-17(16)23-20(26)30-21/h4,6,12,14H,1-3,5,7-11,13H2,(H,22,27). The number of nitrogens with zero attached hydrogens (tertiary/aromatic N) is 4. The van der Waals surface area contributed by atoms with Gasteiger partial charge in [0, 0.05) is 30.1 Å². The zero-order chi connectivity index (χ0) is 20.5. The van der Waals surface area contributed by atoms with Crippen LogP contribution < -0.4 is 15.8 Å². The summed E-state index contributed by atoms with van der Waals surface area (Å²) in [4.78, 5) is 34.3. The lowest BCUT2D eigenvalue weighted by atomic mass is 9.97. The first-order valence-electron chi connectivity index (χ1n) is 10.7. The number of anilines is 1. The summed E-state index contributed by atoms with van der Waals surface area (Å²) >= 11 is 3.18. The molecule has 1 aliphatic heterocycles. The van der Waals surface area contributed by atoms with Crippen LogP contribution in [-0.4, -0.2) is 40.1 Å². The lowest BCUT2D eigenvalue weighted by molar-refractivity contribution is -0.125. The Morgan fingerprint density at radius 1 is 1.27 bits per heavy atom. The van der Waals surface area contributed by atoms with Crippen LogP contribution in [0.25, 0.3) is 4.96 Å². The summed E-state index contributed by atoms with van der Waals surface area (Å²) in [6, 6.07) is 4.13. The van der Waals surface area contributed by atoms with E-state index in [9.17, 15) is 9.59 Å². The molecule has 158 valence electrons. The van der Waals surface area contributed by atoms with E-state index < -0.39 is 0 Å². The molecule has 1 atom stereocenters. The van der Waals surface area contributed by atoms with E-state index in [-0.39, 0.29) is 17.4 Å². The Balaban J connectivity index is 1.28. The quantitative estimate of drug-likeness (QED) is 0.656. The third-order valence-electron chi connectivity index (χ3n) is 5.98. The third-order valence-corrected chi connectivity index (χ3v) is 7.89. The van der Waals surface area contributed by atoms with Crippen molar-refractivity contribution in [3.05, 3.63) is 44.0 Å². The number of carbonyl (C=O) groups is 1. The second kappa shape index (κ2) is 8.47. The van der Waals surface area contributed by atoms with Gasteiger partial charge in [0.2, 0.25) is 16.0 Å². The van der Waals surface area contributed by atoms with Crippen molar-refractivity contribution >= 4 is 38.7 Å². The van der Waals surface area contributed by atoms with E-state index in [1.807, 2.05) is 6.07 Å². The topological polar surface area (TPSA) is 79.6 Å². The molecule has 2 aliphatic rings. The molecule has 0 saturated carbocycles. The number of aromatic nitrogens is 3. The number of carbonyl (C=O) groups excluding carboxylic acids is 1.